The summed E-state index contributed by atoms with van der Waals surface area (Å²) in [5, 5.41) is 12.3. The van der Waals surface area contributed by atoms with Crippen LogP contribution in [0, 0.1) is 0 Å². The number of carbonyl (C=O) groups is 1. The average Bonchev–Trinajstić information content (AvgIpc) is 2.78. The smallest absolute Gasteiger partial charge is 0.242 e. The Bertz CT molecular complexity index is 364. The molecule has 2 unspecified atom stereocenters. The van der Waals surface area contributed by atoms with Gasteiger partial charge in [-0.15, -0.1) is 0 Å². The van der Waals surface area contributed by atoms with Gasteiger partial charge in [-0.2, -0.15) is 0 Å². The molecule has 1 aliphatic heterocycles. The van der Waals surface area contributed by atoms with Crippen molar-refractivity contribution >= 4 is 5.91 Å². The van der Waals surface area contributed by atoms with Crippen molar-refractivity contribution in [2.75, 3.05) is 13.2 Å². The fraction of sp³-hybridized carbons (Fsp3) is 0.583. The van der Waals surface area contributed by atoms with Crippen molar-refractivity contribution in [3.05, 3.63) is 24.2 Å². The van der Waals surface area contributed by atoms with Crippen LogP contribution in [0.4, 0.5) is 0 Å². The molecule has 0 bridgehead atoms. The summed E-state index contributed by atoms with van der Waals surface area (Å²) in [5.41, 5.74) is 0. The highest BCUT2D eigenvalue weighted by molar-refractivity contribution is 5.82. The summed E-state index contributed by atoms with van der Waals surface area (Å²) in [6.07, 6.45) is 2.48. The summed E-state index contributed by atoms with van der Waals surface area (Å²) in [4.78, 5) is 13.8. The van der Waals surface area contributed by atoms with Crippen molar-refractivity contribution in [2.45, 2.75) is 32.0 Å². The predicted molar refractivity (Wildman–Crippen MR) is 62.2 cm³/mol. The van der Waals surface area contributed by atoms with Gasteiger partial charge in [0.25, 0.3) is 0 Å². The van der Waals surface area contributed by atoms with Gasteiger partial charge in [-0.1, -0.05) is 0 Å². The number of hydrogen-bond donors (Lipinski definition) is 2. The minimum Gasteiger partial charge on any atom is -0.467 e. The molecule has 2 rings (SSSR count). The van der Waals surface area contributed by atoms with Gasteiger partial charge >= 0.3 is 0 Å². The van der Waals surface area contributed by atoms with Crippen LogP contribution < -0.4 is 5.32 Å². The van der Waals surface area contributed by atoms with Gasteiger partial charge in [-0.3, -0.25) is 4.79 Å². The zero-order valence-electron chi connectivity index (χ0n) is 9.93. The molecule has 2 heterocycles. The lowest BCUT2D eigenvalue weighted by molar-refractivity contribution is -0.134. The van der Waals surface area contributed by atoms with Crippen molar-refractivity contribution in [3.63, 3.8) is 0 Å². The zero-order valence-corrected chi connectivity index (χ0v) is 9.93. The molecule has 94 valence electrons. The van der Waals surface area contributed by atoms with E-state index in [9.17, 15) is 9.90 Å². The maximum atomic E-state index is 12.1. The maximum absolute atomic E-state index is 12.1. The summed E-state index contributed by atoms with van der Waals surface area (Å²) in [7, 11) is 0. The number of furan rings is 1. The summed E-state index contributed by atoms with van der Waals surface area (Å²) in [6.45, 7) is 3.01. The number of amides is 1. The van der Waals surface area contributed by atoms with E-state index in [0.717, 1.165) is 12.2 Å². The van der Waals surface area contributed by atoms with Gasteiger partial charge in [0.15, 0.2) is 0 Å². The number of hydrogen-bond acceptors (Lipinski definition) is 4. The molecule has 5 nitrogen and oxygen atoms in total. The molecule has 1 aromatic heterocycles. The Morgan fingerprint density at radius 2 is 2.47 bits per heavy atom. The molecule has 1 saturated heterocycles. The highest BCUT2D eigenvalue weighted by Gasteiger charge is 2.28. The number of nitrogens with zero attached hydrogens (tertiary/aromatic N) is 1. The van der Waals surface area contributed by atoms with Crippen LogP contribution in [0.15, 0.2) is 22.8 Å². The summed E-state index contributed by atoms with van der Waals surface area (Å²) >= 11 is 0. The van der Waals surface area contributed by atoms with Crippen LogP contribution >= 0.6 is 0 Å². The van der Waals surface area contributed by atoms with E-state index in [0.29, 0.717) is 13.1 Å². The van der Waals surface area contributed by atoms with E-state index in [1.54, 1.807) is 11.2 Å². The molecule has 5 heteroatoms. The molecule has 1 aromatic rings. The van der Waals surface area contributed by atoms with Crippen molar-refractivity contribution < 1.29 is 14.3 Å². The number of rotatable bonds is 3. The van der Waals surface area contributed by atoms with Crippen LogP contribution in [0.1, 0.15) is 19.1 Å². The first-order valence-electron chi connectivity index (χ1n) is 5.89. The topological polar surface area (TPSA) is 65.7 Å². The number of aliphatic hydroxyl groups is 1. The maximum Gasteiger partial charge on any atom is 0.242 e. The second kappa shape index (κ2) is 5.33. The van der Waals surface area contributed by atoms with Gasteiger partial charge in [-0.25, -0.2) is 0 Å². The lowest BCUT2D eigenvalue weighted by Crippen LogP contribution is -2.47. The van der Waals surface area contributed by atoms with E-state index < -0.39 is 6.04 Å². The third-order valence-corrected chi connectivity index (χ3v) is 3.04. The van der Waals surface area contributed by atoms with E-state index in [-0.39, 0.29) is 18.6 Å². The lowest BCUT2D eigenvalue weighted by atomic mass is 10.2. The Hall–Kier alpha value is -1.33. The lowest BCUT2D eigenvalue weighted by Gasteiger charge is -2.22. The molecular weight excluding hydrogens is 220 g/mol. The van der Waals surface area contributed by atoms with Gasteiger partial charge in [0.1, 0.15) is 11.8 Å². The first kappa shape index (κ1) is 12.1. The summed E-state index contributed by atoms with van der Waals surface area (Å²) in [6, 6.07) is 3.39. The van der Waals surface area contributed by atoms with E-state index in [1.165, 1.54) is 0 Å². The largest absolute Gasteiger partial charge is 0.467 e. The third-order valence-electron chi connectivity index (χ3n) is 3.04. The standard InChI is InChI=1S/C12H18N2O3/c1-9-4-5-14(7-10-3-2-6-17-10)12(16)11(8-15)13-9/h2-3,6,9,11,13,15H,4-5,7-8H2,1H3. The molecule has 1 fully saturated rings. The number of nitrogens with one attached hydrogen (secondary N) is 1. The zero-order chi connectivity index (χ0) is 12.3. The molecule has 0 spiro atoms. The van der Waals surface area contributed by atoms with E-state index in [4.69, 9.17) is 4.42 Å². The molecule has 0 aromatic carbocycles. The first-order chi connectivity index (χ1) is 8.20. The van der Waals surface area contributed by atoms with Crippen molar-refractivity contribution in [1.29, 1.82) is 0 Å². The third kappa shape index (κ3) is 2.87. The SMILES string of the molecule is CC1CCN(Cc2ccco2)C(=O)C(CO)N1. The van der Waals surface area contributed by atoms with Crippen molar-refractivity contribution in [2.24, 2.45) is 0 Å². The normalized spacial score (nSPS) is 26.0. The Balaban J connectivity index is 2.07. The Morgan fingerprint density at radius 3 is 3.12 bits per heavy atom. The van der Waals surface area contributed by atoms with Crippen molar-refractivity contribution in [3.8, 4) is 0 Å². The van der Waals surface area contributed by atoms with Crippen molar-refractivity contribution in [1.82, 2.24) is 10.2 Å². The van der Waals surface area contributed by atoms with Gasteiger partial charge in [0, 0.05) is 12.6 Å². The minimum atomic E-state index is -0.498. The average molecular weight is 238 g/mol. The summed E-state index contributed by atoms with van der Waals surface area (Å²) < 4.78 is 5.24. The highest BCUT2D eigenvalue weighted by Crippen LogP contribution is 2.12. The molecule has 1 amide bonds. The van der Waals surface area contributed by atoms with Crippen LogP contribution in [0.5, 0.6) is 0 Å². The molecule has 17 heavy (non-hydrogen) atoms. The highest BCUT2D eigenvalue weighted by atomic mass is 16.3. The second-order valence-corrected chi connectivity index (χ2v) is 4.43. The second-order valence-electron chi connectivity index (χ2n) is 4.43. The minimum absolute atomic E-state index is 0.0618. The molecule has 2 N–H and O–H groups in total. The van der Waals surface area contributed by atoms with Crippen LogP contribution in [-0.4, -0.2) is 41.1 Å². The quantitative estimate of drug-likeness (QED) is 0.797. The van der Waals surface area contributed by atoms with Gasteiger partial charge in [-0.05, 0) is 25.5 Å². The summed E-state index contributed by atoms with van der Waals surface area (Å²) in [5.74, 6) is 0.706. The fourth-order valence-corrected chi connectivity index (χ4v) is 2.06. The fourth-order valence-electron chi connectivity index (χ4n) is 2.06. The van der Waals surface area contributed by atoms with Gasteiger partial charge in [0.05, 0.1) is 19.4 Å². The van der Waals surface area contributed by atoms with Gasteiger partial charge in [0.2, 0.25) is 5.91 Å². The van der Waals surface area contributed by atoms with E-state index in [2.05, 4.69) is 5.32 Å². The number of carbonyl (C=O) groups excluding carboxylic acids is 1. The monoisotopic (exact) mass is 238 g/mol. The van der Waals surface area contributed by atoms with Crippen LogP contribution in [0.3, 0.4) is 0 Å². The van der Waals surface area contributed by atoms with Crippen LogP contribution in [-0.2, 0) is 11.3 Å². The molecule has 0 radical (unpaired) electrons. The molecule has 0 aliphatic carbocycles. The molecule has 2 atom stereocenters. The predicted octanol–water partition coefficient (Wildman–Crippen LogP) is 0.351. The van der Waals surface area contributed by atoms with Gasteiger partial charge < -0.3 is 19.7 Å². The Labute approximate surface area is 100 Å². The van der Waals surface area contributed by atoms with E-state index >= 15 is 0 Å². The number of aliphatic hydroxyl groups excluding tert-OH is 1. The molecular formula is C12H18N2O3. The van der Waals surface area contributed by atoms with Crippen LogP contribution in [0.2, 0.25) is 0 Å². The molecule has 0 saturated carbocycles. The Morgan fingerprint density at radius 1 is 1.65 bits per heavy atom. The Kier molecular flexibility index (Phi) is 3.81. The first-order valence-corrected chi connectivity index (χ1v) is 5.89. The molecule has 1 aliphatic rings. The van der Waals surface area contributed by atoms with Crippen LogP contribution in [0.25, 0.3) is 0 Å². The van der Waals surface area contributed by atoms with E-state index in [1.807, 2.05) is 19.1 Å².